The fourth-order valence-corrected chi connectivity index (χ4v) is 0. The zero-order valence-electron chi connectivity index (χ0n) is 2.60. The van der Waals surface area contributed by atoms with Crippen LogP contribution in [0.15, 0.2) is 6.58 Å². The fraction of sp³-hybridized carbons (Fsp3) is 0. The molecule has 0 rings (SSSR count). The van der Waals surface area contributed by atoms with Crippen molar-refractivity contribution in [1.29, 1.82) is 0 Å². The van der Waals surface area contributed by atoms with Crippen LogP contribution in [0.1, 0.15) is 0 Å². The second kappa shape index (κ2) is 34.0. The molecular formula is C2H3O2Ti-. The molecule has 0 spiro atoms. The van der Waals surface area contributed by atoms with Crippen molar-refractivity contribution in [3.63, 3.8) is 0 Å². The van der Waals surface area contributed by atoms with E-state index in [1.165, 1.54) is 0 Å². The van der Waals surface area contributed by atoms with E-state index in [0.29, 0.717) is 0 Å². The van der Waals surface area contributed by atoms with Crippen LogP contribution in [0.25, 0.3) is 0 Å². The first-order valence-corrected chi connectivity index (χ1v) is 2.09. The van der Waals surface area contributed by atoms with Gasteiger partial charge in [0.15, 0.2) is 0 Å². The van der Waals surface area contributed by atoms with Crippen molar-refractivity contribution in [2.24, 2.45) is 0 Å². The van der Waals surface area contributed by atoms with Gasteiger partial charge in [0.25, 0.3) is 0 Å². The molecule has 0 saturated heterocycles. The molecule has 2 nitrogen and oxygen atoms in total. The van der Waals surface area contributed by atoms with Crippen molar-refractivity contribution in [3.05, 3.63) is 13.2 Å². The van der Waals surface area contributed by atoms with Gasteiger partial charge < -0.3 is 6.58 Å². The minimum absolute atomic E-state index is 2.00. The van der Waals surface area contributed by atoms with Gasteiger partial charge in [0.05, 0.1) is 0 Å². The molecule has 3 heteroatoms. The molecule has 28 valence electrons. The van der Waals surface area contributed by atoms with Crippen molar-refractivity contribution in [2.45, 2.75) is 0 Å². The Morgan fingerprint density at radius 3 is 1.40 bits per heavy atom. The number of hydrogen-bond donors (Lipinski definition) is 0. The van der Waals surface area contributed by atoms with Crippen molar-refractivity contribution in [1.82, 2.24) is 0 Å². The quantitative estimate of drug-likeness (QED) is 0.331. The van der Waals surface area contributed by atoms with E-state index in [4.69, 9.17) is 6.65 Å². The molecule has 0 heterocycles. The summed E-state index contributed by atoms with van der Waals surface area (Å²) in [6, 6.07) is 0. The molecule has 0 aliphatic rings. The second-order valence-corrected chi connectivity index (χ2v) is 0.344. The van der Waals surface area contributed by atoms with Gasteiger partial charge in [-0.15, -0.1) is 0 Å². The first kappa shape index (κ1) is 8.91. The summed E-state index contributed by atoms with van der Waals surface area (Å²) in [7, 11) is 0. The molecule has 0 saturated carbocycles. The molecule has 0 fully saturated rings. The molecule has 0 atom stereocenters. The molecule has 0 aliphatic carbocycles. The summed E-state index contributed by atoms with van der Waals surface area (Å²) in [6.07, 6.45) is 0. The first-order chi connectivity index (χ1) is 2.41. The SMILES string of the molecule is [CH-]=C.[O]=[Ti]=[O]. The van der Waals surface area contributed by atoms with Gasteiger partial charge in [-0.2, -0.15) is 0 Å². The van der Waals surface area contributed by atoms with Gasteiger partial charge in [-0.1, -0.05) is 0 Å². The number of hydrogen-bond acceptors (Lipinski definition) is 2. The number of rotatable bonds is 0. The molecule has 0 aromatic carbocycles. The van der Waals surface area contributed by atoms with Gasteiger partial charge in [-0.05, 0) is 0 Å². The van der Waals surface area contributed by atoms with Crippen LogP contribution in [0.4, 0.5) is 0 Å². The molecule has 5 heavy (non-hydrogen) atoms. The minimum atomic E-state index is -2.00. The summed E-state index contributed by atoms with van der Waals surface area (Å²) >= 11 is -2.00. The Bertz CT molecular complexity index is 36.9. The maximum atomic E-state index is 8.50. The fourth-order valence-electron chi connectivity index (χ4n) is 0. The zero-order valence-corrected chi connectivity index (χ0v) is 4.16. The van der Waals surface area contributed by atoms with E-state index < -0.39 is 19.1 Å². The third-order valence-electron chi connectivity index (χ3n) is 0. The Labute approximate surface area is 39.5 Å². The van der Waals surface area contributed by atoms with Crippen LogP contribution in [0.5, 0.6) is 0 Å². The Morgan fingerprint density at radius 1 is 1.40 bits per heavy atom. The van der Waals surface area contributed by atoms with E-state index in [0.717, 1.165) is 0 Å². The molecule has 0 aromatic heterocycles. The molecule has 0 aliphatic heterocycles. The molecule has 0 radical (unpaired) electrons. The summed E-state index contributed by atoms with van der Waals surface area (Å²) in [4.78, 5) is 0. The predicted octanol–water partition coefficient (Wildman–Crippen LogP) is 0.365. The van der Waals surface area contributed by atoms with E-state index in [2.05, 4.69) is 13.2 Å². The van der Waals surface area contributed by atoms with E-state index in [1.54, 1.807) is 0 Å². The summed E-state index contributed by atoms with van der Waals surface area (Å²) in [5, 5.41) is 0. The molecular weight excluding hydrogens is 104 g/mol. The topological polar surface area (TPSA) is 34.1 Å². The van der Waals surface area contributed by atoms with Crippen molar-refractivity contribution >= 4 is 0 Å². The summed E-state index contributed by atoms with van der Waals surface area (Å²) < 4.78 is 17.0. The molecule has 0 bridgehead atoms. The van der Waals surface area contributed by atoms with E-state index in [-0.39, 0.29) is 0 Å². The third-order valence-corrected chi connectivity index (χ3v) is 0. The second-order valence-electron chi connectivity index (χ2n) is 0.0833. The van der Waals surface area contributed by atoms with E-state index in [9.17, 15) is 0 Å². The Kier molecular flexibility index (Phi) is 60.6. The standard InChI is InChI=1S/C2H3.2O.Ti/c1-2;;;/h1H,2H2;;;/q-1;;;. The van der Waals surface area contributed by atoms with E-state index in [1.807, 2.05) is 0 Å². The zero-order chi connectivity index (χ0) is 4.71. The summed E-state index contributed by atoms with van der Waals surface area (Å²) in [5.74, 6) is 0. The monoisotopic (exact) mass is 107 g/mol. The van der Waals surface area contributed by atoms with Crippen molar-refractivity contribution in [2.75, 3.05) is 0 Å². The Morgan fingerprint density at radius 2 is 1.40 bits per heavy atom. The maximum absolute atomic E-state index is 8.50. The van der Waals surface area contributed by atoms with Gasteiger partial charge in [0.2, 0.25) is 0 Å². The summed E-state index contributed by atoms with van der Waals surface area (Å²) in [5.41, 5.74) is 0. The van der Waals surface area contributed by atoms with Crippen LogP contribution >= 0.6 is 0 Å². The molecule has 0 amide bonds. The van der Waals surface area contributed by atoms with Gasteiger partial charge >= 0.3 is 25.7 Å². The average molecular weight is 107 g/mol. The van der Waals surface area contributed by atoms with Crippen LogP contribution in [0, 0.1) is 6.58 Å². The van der Waals surface area contributed by atoms with Crippen molar-refractivity contribution in [3.8, 4) is 0 Å². The average Bonchev–Trinajstić information content (AvgIpc) is 1.46. The summed E-state index contributed by atoms with van der Waals surface area (Å²) in [6.45, 7) is 7.00. The van der Waals surface area contributed by atoms with Gasteiger partial charge in [0, 0.05) is 0 Å². The first-order valence-electron chi connectivity index (χ1n) is 0.816. The van der Waals surface area contributed by atoms with Gasteiger partial charge in [0.1, 0.15) is 0 Å². The molecule has 0 N–H and O–H groups in total. The predicted molar refractivity (Wildman–Crippen MR) is 11.3 cm³/mol. The Balaban J connectivity index is 0. The van der Waals surface area contributed by atoms with Crippen LogP contribution in [0.2, 0.25) is 0 Å². The van der Waals surface area contributed by atoms with E-state index >= 15 is 0 Å². The molecule has 0 aromatic rings. The molecule has 0 unspecified atom stereocenters. The van der Waals surface area contributed by atoms with Gasteiger partial charge in [-0.3, -0.25) is 6.58 Å². The van der Waals surface area contributed by atoms with Crippen LogP contribution in [-0.4, -0.2) is 0 Å². The van der Waals surface area contributed by atoms with Crippen LogP contribution in [-0.2, 0) is 25.7 Å². The van der Waals surface area contributed by atoms with Crippen LogP contribution < -0.4 is 0 Å². The van der Waals surface area contributed by atoms with Crippen molar-refractivity contribution < 1.29 is 25.7 Å². The third kappa shape index (κ3) is 5810. The van der Waals surface area contributed by atoms with Gasteiger partial charge in [-0.25, -0.2) is 0 Å². The normalized spacial score (nSPS) is 2.40. The Hall–Kier alpha value is 0.0543. The van der Waals surface area contributed by atoms with Crippen LogP contribution in [0.3, 0.4) is 0 Å².